The van der Waals surface area contributed by atoms with Crippen LogP contribution in [0.25, 0.3) is 10.9 Å². The first-order chi connectivity index (χ1) is 12.6. The van der Waals surface area contributed by atoms with Gasteiger partial charge in [-0.1, -0.05) is 12.1 Å². The van der Waals surface area contributed by atoms with Crippen molar-refractivity contribution in [3.8, 4) is 0 Å². The number of rotatable bonds is 4. The van der Waals surface area contributed by atoms with E-state index in [9.17, 15) is 10.2 Å². The number of nitrogens with one attached hydrogen (secondary N) is 1. The van der Waals surface area contributed by atoms with Crippen molar-refractivity contribution in [2.75, 3.05) is 33.4 Å². The molecule has 2 saturated heterocycles. The van der Waals surface area contributed by atoms with Gasteiger partial charge in [-0.05, 0) is 56.1 Å². The smallest absolute Gasteiger partial charge is 0.105 e. The summed E-state index contributed by atoms with van der Waals surface area (Å²) in [7, 11) is 2.05. The molecule has 2 aliphatic heterocycles. The van der Waals surface area contributed by atoms with Crippen molar-refractivity contribution < 1.29 is 14.9 Å². The minimum Gasteiger partial charge on any atom is -0.389 e. The summed E-state index contributed by atoms with van der Waals surface area (Å²) in [4.78, 5) is 8.00. The van der Waals surface area contributed by atoms with Gasteiger partial charge in [-0.15, -0.1) is 0 Å². The van der Waals surface area contributed by atoms with Crippen molar-refractivity contribution >= 4 is 10.9 Å². The molecule has 3 heterocycles. The van der Waals surface area contributed by atoms with Gasteiger partial charge in [-0.25, -0.2) is 0 Å². The van der Waals surface area contributed by atoms with E-state index in [-0.39, 0.29) is 12.6 Å². The van der Waals surface area contributed by atoms with E-state index in [2.05, 4.69) is 46.1 Å². The lowest BCUT2D eigenvalue weighted by molar-refractivity contribution is -0.137. The Bertz CT molecular complexity index is 726. The molecule has 0 bridgehead atoms. The standard InChI is InChI=1S/C20H29N3O3/c1-22(18-12-26-13-19(24)20(18)25)16-5-8-23(9-6-16)11-14-2-3-15-4-7-21-17(15)10-14/h2-4,7,10,16,18-21,24-25H,5-6,8-9,11-13H2,1H3/t18-,19-,20+/m1/s1. The Hall–Kier alpha value is -1.44. The summed E-state index contributed by atoms with van der Waals surface area (Å²) in [5, 5.41) is 21.4. The van der Waals surface area contributed by atoms with E-state index < -0.39 is 12.2 Å². The average Bonchev–Trinajstić information content (AvgIpc) is 3.12. The molecular formula is C20H29N3O3. The maximum Gasteiger partial charge on any atom is 0.105 e. The number of aromatic nitrogens is 1. The number of likely N-dealkylation sites (tertiary alicyclic amines) is 1. The van der Waals surface area contributed by atoms with Gasteiger partial charge in [0.05, 0.1) is 25.4 Å². The van der Waals surface area contributed by atoms with Crippen LogP contribution in [0.4, 0.5) is 0 Å². The first-order valence-corrected chi connectivity index (χ1v) is 9.56. The fourth-order valence-electron chi connectivity index (χ4n) is 4.33. The van der Waals surface area contributed by atoms with Gasteiger partial charge in [0.25, 0.3) is 0 Å². The van der Waals surface area contributed by atoms with Crippen LogP contribution < -0.4 is 0 Å². The number of hydrogen-bond acceptors (Lipinski definition) is 5. The second-order valence-electron chi connectivity index (χ2n) is 7.73. The second-order valence-corrected chi connectivity index (χ2v) is 7.73. The molecule has 1 aromatic heterocycles. The molecule has 0 radical (unpaired) electrons. The van der Waals surface area contributed by atoms with E-state index in [1.54, 1.807) is 0 Å². The number of piperidine rings is 1. The highest BCUT2D eigenvalue weighted by Crippen LogP contribution is 2.23. The fraction of sp³-hybridized carbons (Fsp3) is 0.600. The number of benzene rings is 1. The van der Waals surface area contributed by atoms with Gasteiger partial charge in [-0.3, -0.25) is 9.80 Å². The van der Waals surface area contributed by atoms with Crippen LogP contribution in [-0.2, 0) is 11.3 Å². The summed E-state index contributed by atoms with van der Waals surface area (Å²) in [5.74, 6) is 0. The van der Waals surface area contributed by atoms with Crippen LogP contribution in [0.2, 0.25) is 0 Å². The van der Waals surface area contributed by atoms with Gasteiger partial charge in [0, 0.05) is 24.3 Å². The summed E-state index contributed by atoms with van der Waals surface area (Å²) in [6.07, 6.45) is 2.62. The molecule has 3 atom stereocenters. The lowest BCUT2D eigenvalue weighted by Crippen LogP contribution is -2.58. The molecule has 2 aromatic rings. The summed E-state index contributed by atoms with van der Waals surface area (Å²) >= 11 is 0. The molecule has 6 heteroatoms. The predicted molar refractivity (Wildman–Crippen MR) is 101 cm³/mol. The maximum atomic E-state index is 10.3. The van der Waals surface area contributed by atoms with Crippen LogP contribution in [0.1, 0.15) is 18.4 Å². The van der Waals surface area contributed by atoms with E-state index in [0.29, 0.717) is 12.6 Å². The first-order valence-electron chi connectivity index (χ1n) is 9.56. The zero-order chi connectivity index (χ0) is 18.1. The fourth-order valence-corrected chi connectivity index (χ4v) is 4.33. The highest BCUT2D eigenvalue weighted by molar-refractivity contribution is 5.79. The van der Waals surface area contributed by atoms with Gasteiger partial charge in [0.2, 0.25) is 0 Å². The van der Waals surface area contributed by atoms with E-state index in [0.717, 1.165) is 32.5 Å². The van der Waals surface area contributed by atoms with Gasteiger partial charge >= 0.3 is 0 Å². The van der Waals surface area contributed by atoms with Gasteiger partial charge in [0.15, 0.2) is 0 Å². The molecule has 0 aliphatic carbocycles. The van der Waals surface area contributed by atoms with Crippen LogP contribution in [0.5, 0.6) is 0 Å². The third-order valence-corrected chi connectivity index (χ3v) is 6.05. The second kappa shape index (κ2) is 7.66. The third-order valence-electron chi connectivity index (χ3n) is 6.05. The predicted octanol–water partition coefficient (Wildman–Crippen LogP) is 1.18. The molecule has 2 fully saturated rings. The van der Waals surface area contributed by atoms with E-state index in [1.807, 2.05) is 6.20 Å². The number of aliphatic hydroxyl groups excluding tert-OH is 2. The number of hydrogen-bond donors (Lipinski definition) is 3. The molecule has 0 amide bonds. The zero-order valence-corrected chi connectivity index (χ0v) is 15.3. The number of likely N-dealkylation sites (N-methyl/N-ethyl adjacent to an activating group) is 1. The number of H-pyrrole nitrogens is 1. The highest BCUT2D eigenvalue weighted by Gasteiger charge is 2.37. The monoisotopic (exact) mass is 359 g/mol. The largest absolute Gasteiger partial charge is 0.389 e. The third kappa shape index (κ3) is 3.66. The van der Waals surface area contributed by atoms with Gasteiger partial charge < -0.3 is 19.9 Å². The van der Waals surface area contributed by atoms with Crippen molar-refractivity contribution in [3.63, 3.8) is 0 Å². The molecular weight excluding hydrogens is 330 g/mol. The van der Waals surface area contributed by atoms with E-state index in [1.165, 1.54) is 16.5 Å². The van der Waals surface area contributed by atoms with Crippen molar-refractivity contribution in [2.45, 2.75) is 43.7 Å². The Labute approximate surface area is 154 Å². The molecule has 26 heavy (non-hydrogen) atoms. The Balaban J connectivity index is 1.32. The van der Waals surface area contributed by atoms with Crippen molar-refractivity contribution in [1.29, 1.82) is 0 Å². The molecule has 1 aromatic carbocycles. The van der Waals surface area contributed by atoms with Crippen molar-refractivity contribution in [1.82, 2.24) is 14.8 Å². The Morgan fingerprint density at radius 3 is 2.81 bits per heavy atom. The quantitative estimate of drug-likeness (QED) is 0.765. The number of fused-ring (bicyclic) bond motifs is 1. The number of nitrogens with zero attached hydrogens (tertiary/aromatic N) is 2. The normalized spacial score (nSPS) is 28.8. The topological polar surface area (TPSA) is 72.0 Å². The van der Waals surface area contributed by atoms with Crippen molar-refractivity contribution in [3.05, 3.63) is 36.0 Å². The Morgan fingerprint density at radius 2 is 2.00 bits per heavy atom. The molecule has 4 rings (SSSR count). The van der Waals surface area contributed by atoms with Crippen LogP contribution in [0.15, 0.2) is 30.5 Å². The molecule has 2 aliphatic rings. The lowest BCUT2D eigenvalue weighted by atomic mass is 9.97. The molecule has 0 saturated carbocycles. The van der Waals surface area contributed by atoms with Crippen LogP contribution in [0.3, 0.4) is 0 Å². The first kappa shape index (κ1) is 17.9. The molecule has 6 nitrogen and oxygen atoms in total. The average molecular weight is 359 g/mol. The number of aromatic amines is 1. The van der Waals surface area contributed by atoms with E-state index in [4.69, 9.17) is 4.74 Å². The summed E-state index contributed by atoms with van der Waals surface area (Å²) in [5.41, 5.74) is 2.54. The molecule has 3 N–H and O–H groups in total. The lowest BCUT2D eigenvalue weighted by Gasteiger charge is -2.44. The molecule has 142 valence electrons. The highest BCUT2D eigenvalue weighted by atomic mass is 16.5. The molecule has 0 unspecified atom stereocenters. The number of aliphatic hydroxyl groups is 2. The van der Waals surface area contributed by atoms with Crippen molar-refractivity contribution in [2.24, 2.45) is 0 Å². The van der Waals surface area contributed by atoms with Crippen LogP contribution in [0, 0.1) is 0 Å². The summed E-state index contributed by atoms with van der Waals surface area (Å²) in [6.45, 7) is 3.79. The van der Waals surface area contributed by atoms with Crippen LogP contribution in [-0.4, -0.2) is 82.6 Å². The Morgan fingerprint density at radius 1 is 1.19 bits per heavy atom. The van der Waals surface area contributed by atoms with Gasteiger partial charge in [-0.2, -0.15) is 0 Å². The minimum absolute atomic E-state index is 0.120. The minimum atomic E-state index is -0.779. The maximum absolute atomic E-state index is 10.3. The van der Waals surface area contributed by atoms with Crippen LogP contribution >= 0.6 is 0 Å². The summed E-state index contributed by atoms with van der Waals surface area (Å²) in [6, 6.07) is 9.03. The van der Waals surface area contributed by atoms with Gasteiger partial charge in [0.1, 0.15) is 6.10 Å². The Kier molecular flexibility index (Phi) is 5.29. The molecule has 0 spiro atoms. The SMILES string of the molecule is CN(C1CCN(Cc2ccc3cc[nH]c3c2)CC1)[C@@H]1COC[C@@H](O)[C@H]1O. The zero-order valence-electron chi connectivity index (χ0n) is 15.3. The summed E-state index contributed by atoms with van der Waals surface area (Å²) < 4.78 is 5.44. The van der Waals surface area contributed by atoms with E-state index >= 15 is 0 Å². The number of ether oxygens (including phenoxy) is 1.